The number of halogens is 1. The third-order valence-electron chi connectivity index (χ3n) is 3.42. The van der Waals surface area contributed by atoms with Crippen molar-refractivity contribution in [1.29, 1.82) is 0 Å². The molecule has 0 spiro atoms. The van der Waals surface area contributed by atoms with E-state index in [4.69, 9.17) is 16.3 Å². The Morgan fingerprint density at radius 3 is 2.58 bits per heavy atom. The van der Waals surface area contributed by atoms with Gasteiger partial charge >= 0.3 is 5.97 Å². The lowest BCUT2D eigenvalue weighted by atomic mass is 10.2. The number of ether oxygens (including phenoxy) is 1. The maximum Gasteiger partial charge on any atom is 0.306 e. The lowest BCUT2D eigenvalue weighted by Gasteiger charge is -2.13. The van der Waals surface area contributed by atoms with E-state index in [1.54, 1.807) is 35.7 Å². The molecule has 8 heteroatoms. The fourth-order valence-electron chi connectivity index (χ4n) is 2.02. The minimum atomic E-state index is -0.918. The third-order valence-corrected chi connectivity index (χ3v) is 4.35. The number of carbonyl (C=O) groups excluding carboxylic acids is 3. The Morgan fingerprint density at radius 2 is 1.92 bits per heavy atom. The van der Waals surface area contributed by atoms with Gasteiger partial charge in [-0.05, 0) is 49.1 Å². The molecule has 2 aromatic rings. The summed E-state index contributed by atoms with van der Waals surface area (Å²) in [6.45, 7) is 1.86. The first-order valence-corrected chi connectivity index (χ1v) is 9.34. The van der Waals surface area contributed by atoms with Crippen molar-refractivity contribution in [2.45, 2.75) is 25.9 Å². The zero-order valence-corrected chi connectivity index (χ0v) is 15.7. The van der Waals surface area contributed by atoms with E-state index in [0.29, 0.717) is 29.2 Å². The molecule has 0 bridgehead atoms. The quantitative estimate of drug-likeness (QED) is 0.530. The Bertz CT molecular complexity index is 747. The number of carbonyl (C=O) groups is 3. The van der Waals surface area contributed by atoms with Crippen LogP contribution in [-0.4, -0.2) is 30.4 Å². The van der Waals surface area contributed by atoms with E-state index in [9.17, 15) is 14.4 Å². The second-order valence-electron chi connectivity index (χ2n) is 5.50. The van der Waals surface area contributed by atoms with Crippen molar-refractivity contribution >= 4 is 46.4 Å². The predicted octanol–water partition coefficient (Wildman–Crippen LogP) is 3.48. The molecule has 1 atom stereocenters. The molecule has 0 radical (unpaired) electrons. The summed E-state index contributed by atoms with van der Waals surface area (Å²) in [6, 6.07) is 8.35. The van der Waals surface area contributed by atoms with Gasteiger partial charge < -0.3 is 15.4 Å². The average Bonchev–Trinajstić information content (AvgIpc) is 3.15. The molecule has 2 rings (SSSR count). The fourth-order valence-corrected chi connectivity index (χ4v) is 2.78. The van der Waals surface area contributed by atoms with Crippen molar-refractivity contribution in [3.05, 3.63) is 51.7 Å². The van der Waals surface area contributed by atoms with Crippen molar-refractivity contribution in [3.63, 3.8) is 0 Å². The Morgan fingerprint density at radius 1 is 1.19 bits per heavy atom. The SMILES string of the molecule is CC(OC(=O)CCCNC(=O)c1ccsc1)C(=O)Nc1ccc(Cl)cc1. The molecule has 0 aliphatic carbocycles. The van der Waals surface area contributed by atoms with Crippen LogP contribution < -0.4 is 10.6 Å². The molecule has 1 unspecified atom stereocenters. The van der Waals surface area contributed by atoms with Crippen LogP contribution in [-0.2, 0) is 14.3 Å². The van der Waals surface area contributed by atoms with Crippen molar-refractivity contribution < 1.29 is 19.1 Å². The van der Waals surface area contributed by atoms with Crippen LogP contribution in [0.1, 0.15) is 30.1 Å². The zero-order valence-electron chi connectivity index (χ0n) is 14.2. The largest absolute Gasteiger partial charge is 0.453 e. The number of nitrogens with one attached hydrogen (secondary N) is 2. The lowest BCUT2D eigenvalue weighted by Crippen LogP contribution is -2.30. The number of rotatable bonds is 8. The normalized spacial score (nSPS) is 11.5. The Kier molecular flexibility index (Phi) is 7.62. The minimum absolute atomic E-state index is 0.114. The average molecular weight is 395 g/mol. The van der Waals surface area contributed by atoms with Gasteiger partial charge in [0.05, 0.1) is 0 Å². The van der Waals surface area contributed by atoms with Crippen molar-refractivity contribution in [3.8, 4) is 0 Å². The van der Waals surface area contributed by atoms with Crippen LogP contribution in [0.5, 0.6) is 0 Å². The number of hydrogen-bond acceptors (Lipinski definition) is 5. The fraction of sp³-hybridized carbons (Fsp3) is 0.278. The van der Waals surface area contributed by atoms with Crippen LogP contribution in [0.3, 0.4) is 0 Å². The van der Waals surface area contributed by atoms with Crippen LogP contribution in [0.25, 0.3) is 0 Å². The molecule has 2 N–H and O–H groups in total. The van der Waals surface area contributed by atoms with Crippen LogP contribution in [0.2, 0.25) is 5.02 Å². The first kappa shape index (κ1) is 19.9. The standard InChI is InChI=1S/C18H19ClN2O4S/c1-12(17(23)21-15-6-4-14(19)5-7-15)25-16(22)3-2-9-20-18(24)13-8-10-26-11-13/h4-8,10-12H,2-3,9H2,1H3,(H,20,24)(H,21,23). The molecule has 138 valence electrons. The molecule has 0 saturated carbocycles. The number of hydrogen-bond donors (Lipinski definition) is 2. The van der Waals surface area contributed by atoms with Crippen LogP contribution in [0.4, 0.5) is 5.69 Å². The molecular formula is C18H19ClN2O4S. The summed E-state index contributed by atoms with van der Waals surface area (Å²) in [6.07, 6.45) is -0.374. The van der Waals surface area contributed by atoms with Crippen LogP contribution >= 0.6 is 22.9 Å². The highest BCUT2D eigenvalue weighted by Crippen LogP contribution is 2.14. The van der Waals surface area contributed by atoms with Gasteiger partial charge in [-0.1, -0.05) is 11.6 Å². The molecule has 1 aromatic carbocycles. The molecule has 1 heterocycles. The number of anilines is 1. The van der Waals surface area contributed by atoms with E-state index in [0.717, 1.165) is 0 Å². The smallest absolute Gasteiger partial charge is 0.306 e. The zero-order chi connectivity index (χ0) is 18.9. The van der Waals surface area contributed by atoms with Gasteiger partial charge in [0.25, 0.3) is 11.8 Å². The molecule has 2 amide bonds. The summed E-state index contributed by atoms with van der Waals surface area (Å²) < 4.78 is 5.10. The van der Waals surface area contributed by atoms with E-state index in [2.05, 4.69) is 10.6 Å². The van der Waals surface area contributed by atoms with Gasteiger partial charge in [-0.2, -0.15) is 11.3 Å². The van der Waals surface area contributed by atoms with Gasteiger partial charge in [-0.15, -0.1) is 0 Å². The van der Waals surface area contributed by atoms with E-state index in [1.807, 2.05) is 5.38 Å². The molecule has 0 aliphatic rings. The Hall–Kier alpha value is -2.38. The molecule has 0 aliphatic heterocycles. The predicted molar refractivity (Wildman–Crippen MR) is 102 cm³/mol. The molecule has 26 heavy (non-hydrogen) atoms. The number of thiophene rings is 1. The van der Waals surface area contributed by atoms with Gasteiger partial charge in [0.1, 0.15) is 0 Å². The van der Waals surface area contributed by atoms with E-state index in [1.165, 1.54) is 18.3 Å². The summed E-state index contributed by atoms with van der Waals surface area (Å²) in [5.41, 5.74) is 1.17. The van der Waals surface area contributed by atoms with Crippen molar-refractivity contribution in [2.24, 2.45) is 0 Å². The summed E-state index contributed by atoms with van der Waals surface area (Å²) >= 11 is 7.22. The van der Waals surface area contributed by atoms with E-state index < -0.39 is 18.0 Å². The first-order valence-electron chi connectivity index (χ1n) is 8.02. The highest BCUT2D eigenvalue weighted by molar-refractivity contribution is 7.08. The highest BCUT2D eigenvalue weighted by atomic mass is 35.5. The topological polar surface area (TPSA) is 84.5 Å². The van der Waals surface area contributed by atoms with Gasteiger partial charge in [-0.3, -0.25) is 14.4 Å². The summed E-state index contributed by atoms with van der Waals surface area (Å²) in [5, 5.41) is 9.51. The number of amides is 2. The second-order valence-corrected chi connectivity index (χ2v) is 6.72. The van der Waals surface area contributed by atoms with E-state index in [-0.39, 0.29) is 12.3 Å². The van der Waals surface area contributed by atoms with Gasteiger partial charge in [0.2, 0.25) is 0 Å². The van der Waals surface area contributed by atoms with Crippen molar-refractivity contribution in [2.75, 3.05) is 11.9 Å². The summed E-state index contributed by atoms with van der Waals surface area (Å²) in [7, 11) is 0. The van der Waals surface area contributed by atoms with Crippen molar-refractivity contribution in [1.82, 2.24) is 5.32 Å². The summed E-state index contributed by atoms with van der Waals surface area (Å²) in [4.78, 5) is 35.5. The van der Waals surface area contributed by atoms with Gasteiger partial charge in [0, 0.05) is 34.6 Å². The monoisotopic (exact) mass is 394 g/mol. The van der Waals surface area contributed by atoms with Crippen LogP contribution in [0, 0.1) is 0 Å². The number of benzene rings is 1. The third kappa shape index (κ3) is 6.50. The Labute approximate surface area is 160 Å². The highest BCUT2D eigenvalue weighted by Gasteiger charge is 2.17. The maximum absolute atomic E-state index is 12.0. The van der Waals surface area contributed by atoms with Gasteiger partial charge in [0.15, 0.2) is 6.10 Å². The lowest BCUT2D eigenvalue weighted by molar-refractivity contribution is -0.153. The molecule has 0 saturated heterocycles. The first-order chi connectivity index (χ1) is 12.5. The molecule has 0 fully saturated rings. The molecule has 6 nitrogen and oxygen atoms in total. The summed E-state index contributed by atoms with van der Waals surface area (Å²) in [5.74, 6) is -1.09. The van der Waals surface area contributed by atoms with Gasteiger partial charge in [-0.25, -0.2) is 0 Å². The molecular weight excluding hydrogens is 376 g/mol. The van der Waals surface area contributed by atoms with Crippen LogP contribution in [0.15, 0.2) is 41.1 Å². The minimum Gasteiger partial charge on any atom is -0.453 e. The second kappa shape index (κ2) is 9.94. The number of esters is 1. The Balaban J connectivity index is 1.65. The van der Waals surface area contributed by atoms with E-state index >= 15 is 0 Å². The maximum atomic E-state index is 12.0. The molecule has 1 aromatic heterocycles.